The summed E-state index contributed by atoms with van der Waals surface area (Å²) in [5, 5.41) is 14.0. The van der Waals surface area contributed by atoms with Gasteiger partial charge in [-0.2, -0.15) is 4.98 Å². The van der Waals surface area contributed by atoms with Gasteiger partial charge in [0.25, 0.3) is 0 Å². The third kappa shape index (κ3) is 2.90. The molecular formula is C11H17N5O3. The molecule has 1 aromatic rings. The van der Waals surface area contributed by atoms with E-state index in [-0.39, 0.29) is 28.7 Å². The van der Waals surface area contributed by atoms with Crippen molar-refractivity contribution in [2.24, 2.45) is 0 Å². The lowest BCUT2D eigenvalue weighted by Gasteiger charge is -2.23. The van der Waals surface area contributed by atoms with Crippen molar-refractivity contribution in [2.75, 3.05) is 24.2 Å². The van der Waals surface area contributed by atoms with Crippen LogP contribution >= 0.6 is 0 Å². The predicted octanol–water partition coefficient (Wildman–Crippen LogP) is 1.26. The number of rotatable bonds is 4. The van der Waals surface area contributed by atoms with E-state index in [2.05, 4.69) is 15.3 Å². The van der Waals surface area contributed by atoms with Crippen LogP contribution in [0.15, 0.2) is 0 Å². The third-order valence-corrected chi connectivity index (χ3v) is 3.19. The highest BCUT2D eigenvalue weighted by Crippen LogP contribution is 2.29. The van der Waals surface area contributed by atoms with E-state index in [0.29, 0.717) is 13.2 Å². The van der Waals surface area contributed by atoms with E-state index in [0.717, 1.165) is 12.8 Å². The summed E-state index contributed by atoms with van der Waals surface area (Å²) in [7, 11) is 0. The van der Waals surface area contributed by atoms with Crippen molar-refractivity contribution < 1.29 is 9.66 Å². The zero-order valence-corrected chi connectivity index (χ0v) is 11.0. The van der Waals surface area contributed by atoms with Crippen LogP contribution in [0, 0.1) is 17.0 Å². The zero-order chi connectivity index (χ0) is 14.0. The average molecular weight is 267 g/mol. The summed E-state index contributed by atoms with van der Waals surface area (Å²) in [4.78, 5) is 18.3. The van der Waals surface area contributed by atoms with E-state index in [1.165, 1.54) is 6.92 Å². The van der Waals surface area contributed by atoms with E-state index < -0.39 is 4.92 Å². The molecule has 104 valence electrons. The first kappa shape index (κ1) is 13.5. The molecule has 1 saturated heterocycles. The van der Waals surface area contributed by atoms with Gasteiger partial charge in [0.15, 0.2) is 0 Å². The molecule has 2 heterocycles. The summed E-state index contributed by atoms with van der Waals surface area (Å²) in [6.07, 6.45) is 1.90. The van der Waals surface area contributed by atoms with Gasteiger partial charge in [0.2, 0.25) is 11.8 Å². The summed E-state index contributed by atoms with van der Waals surface area (Å²) in [6.45, 7) is 4.67. The first-order valence-electron chi connectivity index (χ1n) is 6.08. The molecule has 1 unspecified atom stereocenters. The maximum absolute atomic E-state index is 11.0. The fourth-order valence-electron chi connectivity index (χ4n) is 2.18. The molecule has 0 amide bonds. The Kier molecular flexibility index (Phi) is 3.52. The lowest BCUT2D eigenvalue weighted by molar-refractivity contribution is -0.385. The molecule has 0 aromatic carbocycles. The Morgan fingerprint density at radius 3 is 2.89 bits per heavy atom. The quantitative estimate of drug-likeness (QED) is 0.623. The number of nitrogens with zero attached hydrogens (tertiary/aromatic N) is 3. The number of nitro groups is 1. The van der Waals surface area contributed by atoms with Gasteiger partial charge in [0.1, 0.15) is 5.69 Å². The maximum atomic E-state index is 11.0. The fourth-order valence-corrected chi connectivity index (χ4v) is 2.18. The number of nitrogen functional groups attached to an aromatic ring is 1. The molecule has 0 aliphatic carbocycles. The van der Waals surface area contributed by atoms with Gasteiger partial charge in [-0.3, -0.25) is 10.1 Å². The monoisotopic (exact) mass is 267 g/mol. The first-order valence-corrected chi connectivity index (χ1v) is 6.08. The summed E-state index contributed by atoms with van der Waals surface area (Å²) in [5.74, 6) is 0.162. The van der Waals surface area contributed by atoms with Crippen molar-refractivity contribution in [1.82, 2.24) is 9.97 Å². The number of nitrogens with two attached hydrogens (primary N) is 1. The van der Waals surface area contributed by atoms with Crippen LogP contribution in [-0.2, 0) is 4.74 Å². The van der Waals surface area contributed by atoms with E-state index in [9.17, 15) is 10.1 Å². The molecule has 8 nitrogen and oxygen atoms in total. The number of hydrogen-bond acceptors (Lipinski definition) is 7. The Morgan fingerprint density at radius 2 is 2.32 bits per heavy atom. The van der Waals surface area contributed by atoms with E-state index >= 15 is 0 Å². The van der Waals surface area contributed by atoms with Gasteiger partial charge in [-0.25, -0.2) is 4.98 Å². The minimum atomic E-state index is -0.505. The number of ether oxygens (including phenoxy) is 1. The second kappa shape index (κ2) is 4.96. The second-order valence-electron chi connectivity index (χ2n) is 4.88. The largest absolute Gasteiger partial charge is 0.373 e. The van der Waals surface area contributed by atoms with Gasteiger partial charge >= 0.3 is 5.69 Å². The van der Waals surface area contributed by atoms with Crippen molar-refractivity contribution >= 4 is 17.5 Å². The molecule has 2 rings (SSSR count). The van der Waals surface area contributed by atoms with Crippen molar-refractivity contribution in [3.8, 4) is 0 Å². The molecule has 0 spiro atoms. The molecule has 1 atom stereocenters. The van der Waals surface area contributed by atoms with Gasteiger partial charge in [-0.1, -0.05) is 0 Å². The highest BCUT2D eigenvalue weighted by atomic mass is 16.6. The van der Waals surface area contributed by atoms with Crippen molar-refractivity contribution in [3.05, 3.63) is 15.8 Å². The van der Waals surface area contributed by atoms with E-state index in [1.807, 2.05) is 6.92 Å². The molecule has 1 aromatic heterocycles. The van der Waals surface area contributed by atoms with E-state index in [1.54, 1.807) is 0 Å². The van der Waals surface area contributed by atoms with Gasteiger partial charge in [-0.15, -0.1) is 0 Å². The Labute approximate surface area is 110 Å². The van der Waals surface area contributed by atoms with Crippen LogP contribution in [0.5, 0.6) is 0 Å². The molecule has 1 fully saturated rings. The Morgan fingerprint density at radius 1 is 1.58 bits per heavy atom. The third-order valence-electron chi connectivity index (χ3n) is 3.19. The number of hydrogen-bond donors (Lipinski definition) is 2. The van der Waals surface area contributed by atoms with Gasteiger partial charge in [-0.05, 0) is 26.7 Å². The number of anilines is 2. The molecule has 0 radical (unpaired) electrons. The summed E-state index contributed by atoms with van der Waals surface area (Å²) < 4.78 is 5.62. The Balaban J connectivity index is 2.21. The Bertz CT molecular complexity index is 499. The molecular weight excluding hydrogens is 250 g/mol. The lowest BCUT2D eigenvalue weighted by Crippen LogP contribution is -2.33. The second-order valence-corrected chi connectivity index (χ2v) is 4.88. The summed E-state index contributed by atoms with van der Waals surface area (Å²) in [5.41, 5.74) is 5.32. The maximum Gasteiger partial charge on any atom is 0.332 e. The molecule has 1 aliphatic heterocycles. The number of aromatic nitrogens is 2. The van der Waals surface area contributed by atoms with Crippen LogP contribution in [0.25, 0.3) is 0 Å². The van der Waals surface area contributed by atoms with Crippen LogP contribution in [0.4, 0.5) is 17.5 Å². The highest BCUT2D eigenvalue weighted by Gasteiger charge is 2.31. The molecule has 8 heteroatoms. The average Bonchev–Trinajstić information content (AvgIpc) is 2.72. The standard InChI is InChI=1S/C11H17N5O3/c1-7-8(16(17)18)9(15-10(12)14-7)13-6-11(2)4-3-5-19-11/h3-6H2,1-2H3,(H3,12,13,14,15). The van der Waals surface area contributed by atoms with Gasteiger partial charge in [0.05, 0.1) is 10.5 Å². The lowest BCUT2D eigenvalue weighted by atomic mass is 10.0. The van der Waals surface area contributed by atoms with Crippen molar-refractivity contribution in [3.63, 3.8) is 0 Å². The van der Waals surface area contributed by atoms with Crippen LogP contribution in [-0.4, -0.2) is 33.6 Å². The Hall–Kier alpha value is -1.96. The van der Waals surface area contributed by atoms with Gasteiger partial charge < -0.3 is 15.8 Å². The zero-order valence-electron chi connectivity index (χ0n) is 11.0. The highest BCUT2D eigenvalue weighted by molar-refractivity contribution is 5.60. The van der Waals surface area contributed by atoms with Crippen LogP contribution in [0.3, 0.4) is 0 Å². The van der Waals surface area contributed by atoms with Crippen LogP contribution in [0.1, 0.15) is 25.5 Å². The summed E-state index contributed by atoms with van der Waals surface area (Å²) >= 11 is 0. The van der Waals surface area contributed by atoms with Crippen LogP contribution < -0.4 is 11.1 Å². The molecule has 0 saturated carbocycles. The number of aryl methyl sites for hydroxylation is 1. The van der Waals surface area contributed by atoms with Crippen molar-refractivity contribution in [1.29, 1.82) is 0 Å². The molecule has 3 N–H and O–H groups in total. The fraction of sp³-hybridized carbons (Fsp3) is 0.636. The molecule has 19 heavy (non-hydrogen) atoms. The van der Waals surface area contributed by atoms with E-state index in [4.69, 9.17) is 10.5 Å². The van der Waals surface area contributed by atoms with Crippen LogP contribution in [0.2, 0.25) is 0 Å². The topological polar surface area (TPSA) is 116 Å². The first-order chi connectivity index (χ1) is 8.91. The van der Waals surface area contributed by atoms with Crippen molar-refractivity contribution in [2.45, 2.75) is 32.3 Å². The number of nitrogens with one attached hydrogen (secondary N) is 1. The molecule has 0 bridgehead atoms. The predicted molar refractivity (Wildman–Crippen MR) is 69.9 cm³/mol. The minimum Gasteiger partial charge on any atom is -0.373 e. The SMILES string of the molecule is Cc1nc(N)nc(NCC2(C)CCCO2)c1[N+](=O)[O-]. The minimum absolute atomic E-state index is 0.0168. The summed E-state index contributed by atoms with van der Waals surface area (Å²) in [6, 6.07) is 0. The van der Waals surface area contributed by atoms with Gasteiger partial charge in [0, 0.05) is 13.2 Å². The molecule has 1 aliphatic rings. The smallest absolute Gasteiger partial charge is 0.332 e. The normalized spacial score (nSPS) is 22.4.